The van der Waals surface area contributed by atoms with E-state index >= 15 is 0 Å². The van der Waals surface area contributed by atoms with Gasteiger partial charge >= 0.3 is 19.8 Å². The molecule has 0 bridgehead atoms. The molecular formula is C44H83NO8P+. The van der Waals surface area contributed by atoms with Gasteiger partial charge in [-0.05, 0) is 70.6 Å². The second-order valence-corrected chi connectivity index (χ2v) is 17.2. The van der Waals surface area contributed by atoms with E-state index in [0.717, 1.165) is 70.6 Å². The summed E-state index contributed by atoms with van der Waals surface area (Å²) < 4.78 is 34.3. The van der Waals surface area contributed by atoms with E-state index in [-0.39, 0.29) is 32.0 Å². The number of esters is 2. The van der Waals surface area contributed by atoms with E-state index < -0.39 is 26.5 Å². The molecule has 1 unspecified atom stereocenters. The van der Waals surface area contributed by atoms with Crippen LogP contribution in [0.25, 0.3) is 0 Å². The van der Waals surface area contributed by atoms with Crippen LogP contribution in [0.5, 0.6) is 0 Å². The first-order valence-corrected chi connectivity index (χ1v) is 23.2. The third-order valence-electron chi connectivity index (χ3n) is 9.14. The molecule has 0 aliphatic rings. The second kappa shape index (κ2) is 36.8. The number of allylic oxidation sites excluding steroid dienone is 6. The average Bonchev–Trinajstić information content (AvgIpc) is 3.12. The normalized spacial score (nSPS) is 14.0. The van der Waals surface area contributed by atoms with Crippen molar-refractivity contribution in [3.63, 3.8) is 0 Å². The standard InChI is InChI=1S/C44H82NO8P/c1-6-8-10-12-14-16-18-20-21-22-23-25-26-28-30-32-34-36-43(46)50-40-42(41-52-54(48,49)51-39-38-45(3,4)5)53-44(47)37-35-33-31-29-27-24-19-17-15-13-11-9-7-2/h14,16-17,19-21,42H,6-13,15,18,22-41H2,1-5H3/p+1/b16-14-,19-17-,21-20-/t42-/m1/s1. The van der Waals surface area contributed by atoms with Gasteiger partial charge in [0.1, 0.15) is 19.8 Å². The largest absolute Gasteiger partial charge is 0.472 e. The molecule has 0 rings (SSSR count). The number of carbonyl (C=O) groups excluding carboxylic acids is 2. The molecule has 0 heterocycles. The number of hydrogen-bond acceptors (Lipinski definition) is 7. The quantitative estimate of drug-likeness (QED) is 0.0216. The van der Waals surface area contributed by atoms with Crippen LogP contribution in [0.15, 0.2) is 36.5 Å². The Morgan fingerprint density at radius 1 is 0.574 bits per heavy atom. The first-order chi connectivity index (χ1) is 26.0. The minimum atomic E-state index is -4.37. The van der Waals surface area contributed by atoms with E-state index in [0.29, 0.717) is 17.4 Å². The molecule has 1 N–H and O–H groups in total. The minimum absolute atomic E-state index is 0.0285. The van der Waals surface area contributed by atoms with Gasteiger partial charge in [-0.2, -0.15) is 0 Å². The van der Waals surface area contributed by atoms with Crippen LogP contribution < -0.4 is 0 Å². The Kier molecular flexibility index (Phi) is 35.6. The number of phosphoric acid groups is 1. The maximum atomic E-state index is 12.7. The van der Waals surface area contributed by atoms with Crippen LogP contribution >= 0.6 is 7.82 Å². The summed E-state index contributed by atoms with van der Waals surface area (Å²) in [4.78, 5) is 35.3. The molecule has 0 radical (unpaired) electrons. The molecule has 0 saturated heterocycles. The van der Waals surface area contributed by atoms with Crippen LogP contribution in [0.3, 0.4) is 0 Å². The molecule has 10 heteroatoms. The fraction of sp³-hybridized carbons (Fsp3) is 0.818. The van der Waals surface area contributed by atoms with E-state index in [1.165, 1.54) is 77.0 Å². The maximum Gasteiger partial charge on any atom is 0.472 e. The first kappa shape index (κ1) is 52.2. The van der Waals surface area contributed by atoms with E-state index in [2.05, 4.69) is 50.3 Å². The van der Waals surface area contributed by atoms with Crippen LogP contribution in [0, 0.1) is 0 Å². The molecule has 0 fully saturated rings. The Balaban J connectivity index is 4.37. The van der Waals surface area contributed by atoms with Crippen LogP contribution in [-0.2, 0) is 32.7 Å². The van der Waals surface area contributed by atoms with E-state index in [1.807, 2.05) is 21.1 Å². The molecule has 0 aliphatic heterocycles. The van der Waals surface area contributed by atoms with Crippen molar-refractivity contribution in [2.24, 2.45) is 0 Å². The maximum absolute atomic E-state index is 12.7. The highest BCUT2D eigenvalue weighted by Crippen LogP contribution is 2.43. The van der Waals surface area contributed by atoms with Gasteiger partial charge in [-0.25, -0.2) is 4.57 Å². The smallest absolute Gasteiger partial charge is 0.462 e. The Morgan fingerprint density at radius 3 is 1.52 bits per heavy atom. The molecular weight excluding hydrogens is 701 g/mol. The number of nitrogens with zero attached hydrogens (tertiary/aromatic N) is 1. The van der Waals surface area contributed by atoms with Crippen LogP contribution in [-0.4, -0.2) is 74.9 Å². The lowest BCUT2D eigenvalue weighted by Crippen LogP contribution is -2.37. The van der Waals surface area contributed by atoms with Gasteiger partial charge < -0.3 is 18.9 Å². The topological polar surface area (TPSA) is 108 Å². The SMILES string of the molecule is CCCCC/C=C\C/C=C\CCCCCCCCCC(=O)OC[C@H](COP(=O)(O)OCC[N+](C)(C)C)OC(=O)CCCCCCC/C=C\CCCCCC. The lowest BCUT2D eigenvalue weighted by atomic mass is 10.1. The molecule has 9 nitrogen and oxygen atoms in total. The molecule has 0 aromatic carbocycles. The molecule has 0 aliphatic carbocycles. The zero-order valence-corrected chi connectivity index (χ0v) is 36.3. The van der Waals surface area contributed by atoms with Crippen molar-refractivity contribution >= 4 is 19.8 Å². The van der Waals surface area contributed by atoms with Gasteiger partial charge in [-0.1, -0.05) is 134 Å². The highest BCUT2D eigenvalue weighted by Gasteiger charge is 2.27. The highest BCUT2D eigenvalue weighted by atomic mass is 31.2. The summed E-state index contributed by atoms with van der Waals surface area (Å²) in [5.74, 6) is -0.818. The van der Waals surface area contributed by atoms with Gasteiger partial charge in [0.05, 0.1) is 27.7 Å². The van der Waals surface area contributed by atoms with E-state index in [9.17, 15) is 19.0 Å². The second-order valence-electron chi connectivity index (χ2n) is 15.7. The molecule has 316 valence electrons. The molecule has 0 spiro atoms. The highest BCUT2D eigenvalue weighted by molar-refractivity contribution is 7.47. The molecule has 0 amide bonds. The molecule has 0 aromatic heterocycles. The van der Waals surface area contributed by atoms with Crippen LogP contribution in [0.2, 0.25) is 0 Å². The Labute approximate surface area is 331 Å². The summed E-state index contributed by atoms with van der Waals surface area (Å²) in [5.41, 5.74) is 0. The molecule has 0 aromatic rings. The first-order valence-electron chi connectivity index (χ1n) is 21.7. The summed E-state index contributed by atoms with van der Waals surface area (Å²) >= 11 is 0. The van der Waals surface area contributed by atoms with Gasteiger partial charge in [0.25, 0.3) is 0 Å². The summed E-state index contributed by atoms with van der Waals surface area (Å²) in [5, 5.41) is 0. The number of ether oxygens (including phenoxy) is 2. The van der Waals surface area contributed by atoms with Crippen LogP contribution in [0.4, 0.5) is 0 Å². The number of rotatable bonds is 39. The number of phosphoric ester groups is 1. The van der Waals surface area contributed by atoms with Gasteiger partial charge in [0, 0.05) is 12.8 Å². The predicted molar refractivity (Wildman–Crippen MR) is 224 cm³/mol. The van der Waals surface area contributed by atoms with Crippen molar-refractivity contribution in [1.29, 1.82) is 0 Å². The predicted octanol–water partition coefficient (Wildman–Crippen LogP) is 12.1. The van der Waals surface area contributed by atoms with Gasteiger partial charge in [-0.15, -0.1) is 0 Å². The van der Waals surface area contributed by atoms with Gasteiger partial charge in [0.15, 0.2) is 6.10 Å². The van der Waals surface area contributed by atoms with E-state index in [1.54, 1.807) is 0 Å². The summed E-state index contributed by atoms with van der Waals surface area (Å²) in [6, 6.07) is 0. The monoisotopic (exact) mass is 785 g/mol. The third kappa shape index (κ3) is 39.9. The number of quaternary nitrogens is 1. The Bertz CT molecular complexity index is 1020. The van der Waals surface area contributed by atoms with Crippen LogP contribution in [0.1, 0.15) is 181 Å². The Hall–Kier alpha value is -1.77. The molecule has 0 saturated carbocycles. The fourth-order valence-electron chi connectivity index (χ4n) is 5.68. The lowest BCUT2D eigenvalue weighted by molar-refractivity contribution is -0.870. The van der Waals surface area contributed by atoms with Crippen molar-refractivity contribution in [3.8, 4) is 0 Å². The lowest BCUT2D eigenvalue weighted by Gasteiger charge is -2.24. The van der Waals surface area contributed by atoms with Crippen molar-refractivity contribution in [2.45, 2.75) is 187 Å². The molecule has 54 heavy (non-hydrogen) atoms. The Morgan fingerprint density at radius 2 is 1.00 bits per heavy atom. The zero-order valence-electron chi connectivity index (χ0n) is 35.5. The number of likely N-dealkylation sites (N-methyl/N-ethyl adjacent to an activating group) is 1. The zero-order chi connectivity index (χ0) is 40.0. The minimum Gasteiger partial charge on any atom is -0.462 e. The number of hydrogen-bond donors (Lipinski definition) is 1. The third-order valence-corrected chi connectivity index (χ3v) is 10.1. The van der Waals surface area contributed by atoms with E-state index in [4.69, 9.17) is 18.5 Å². The summed E-state index contributed by atoms with van der Waals surface area (Å²) in [7, 11) is 1.46. The van der Waals surface area contributed by atoms with Crippen molar-refractivity contribution in [3.05, 3.63) is 36.5 Å². The average molecular weight is 785 g/mol. The number of carbonyl (C=O) groups is 2. The van der Waals surface area contributed by atoms with Crippen molar-refractivity contribution in [1.82, 2.24) is 0 Å². The van der Waals surface area contributed by atoms with Crippen molar-refractivity contribution < 1.29 is 42.1 Å². The van der Waals surface area contributed by atoms with Crippen molar-refractivity contribution in [2.75, 3.05) is 47.5 Å². The molecule has 2 atom stereocenters. The van der Waals surface area contributed by atoms with Gasteiger partial charge in [0.2, 0.25) is 0 Å². The van der Waals surface area contributed by atoms with Gasteiger partial charge in [-0.3, -0.25) is 18.6 Å². The summed E-state index contributed by atoms with van der Waals surface area (Å²) in [6.45, 7) is 4.36. The number of unbranched alkanes of at least 4 members (excludes halogenated alkanes) is 19. The fourth-order valence-corrected chi connectivity index (χ4v) is 6.43. The summed E-state index contributed by atoms with van der Waals surface area (Å²) in [6.07, 6.45) is 40.4.